The second-order valence-electron chi connectivity index (χ2n) is 12.6. The van der Waals surface area contributed by atoms with Crippen LogP contribution in [0.5, 0.6) is 0 Å². The summed E-state index contributed by atoms with van der Waals surface area (Å²) in [5, 5.41) is 11.6. The molecular weight excluding hydrogens is 502 g/mol. The number of nitrogens with zero attached hydrogens (tertiary/aromatic N) is 2. The Kier molecular flexibility index (Phi) is 10.8. The van der Waals surface area contributed by atoms with Gasteiger partial charge < -0.3 is 24.4 Å². The Morgan fingerprint density at radius 3 is 1.78 bits per heavy atom. The van der Waals surface area contributed by atoms with Gasteiger partial charge in [-0.05, 0) is 39.3 Å². The van der Waals surface area contributed by atoms with E-state index in [-0.39, 0.29) is 5.82 Å². The fourth-order valence-corrected chi connectivity index (χ4v) is 18.3. The molecule has 8 nitrogen and oxygen atoms in total. The van der Waals surface area contributed by atoms with E-state index in [1.165, 1.54) is 10.8 Å². The van der Waals surface area contributed by atoms with Crippen LogP contribution in [0.25, 0.3) is 0 Å². The number of nitrogen functional groups attached to an aromatic ring is 1. The minimum Gasteiger partial charge on any atom is -0.413 e. The van der Waals surface area contributed by atoms with Crippen molar-refractivity contribution in [3.63, 3.8) is 0 Å². The smallest absolute Gasteiger partial charge is 0.351 e. The second-order valence-corrected chi connectivity index (χ2v) is 23.5. The summed E-state index contributed by atoms with van der Waals surface area (Å²) in [6.07, 6.45) is -1.58. The van der Waals surface area contributed by atoms with Crippen molar-refractivity contribution < 1.29 is 18.7 Å². The molecule has 1 fully saturated rings. The fraction of sp³-hybridized carbons (Fsp3) is 0.852. The van der Waals surface area contributed by atoms with E-state index in [0.717, 1.165) is 0 Å². The van der Waals surface area contributed by atoms with Gasteiger partial charge in [0.15, 0.2) is 14.5 Å². The topological polar surface area (TPSA) is 109 Å². The summed E-state index contributed by atoms with van der Waals surface area (Å²) in [7, 11) is -4.57. The molecule has 0 amide bonds. The summed E-state index contributed by atoms with van der Waals surface area (Å²) in [5.74, 6) is 0.133. The van der Waals surface area contributed by atoms with Crippen molar-refractivity contribution in [1.29, 1.82) is 0 Å². The average Bonchev–Trinajstić information content (AvgIpc) is 3.05. The Morgan fingerprint density at radius 1 is 0.919 bits per heavy atom. The Morgan fingerprint density at radius 2 is 1.38 bits per heavy atom. The zero-order chi connectivity index (χ0) is 28.5. The van der Waals surface area contributed by atoms with Gasteiger partial charge in [0.1, 0.15) is 24.1 Å². The zero-order valence-electron chi connectivity index (χ0n) is 25.2. The summed E-state index contributed by atoms with van der Waals surface area (Å²) >= 11 is 0. The molecule has 2 heterocycles. The summed E-state index contributed by atoms with van der Waals surface area (Å²) in [4.78, 5) is 16.6. The predicted octanol–water partition coefficient (Wildman–Crippen LogP) is 5.84. The van der Waals surface area contributed by atoms with Crippen LogP contribution in [0, 0.1) is 0 Å². The first kappa shape index (κ1) is 32.2. The van der Waals surface area contributed by atoms with Crippen LogP contribution in [0.15, 0.2) is 17.1 Å². The third kappa shape index (κ3) is 6.09. The molecule has 0 saturated carbocycles. The van der Waals surface area contributed by atoms with Crippen molar-refractivity contribution in [2.24, 2.45) is 0 Å². The third-order valence-corrected chi connectivity index (χ3v) is 20.9. The fourth-order valence-electron chi connectivity index (χ4n) is 7.22. The molecule has 214 valence electrons. The van der Waals surface area contributed by atoms with Crippen LogP contribution in [-0.2, 0) is 13.6 Å². The van der Waals surface area contributed by atoms with E-state index in [0.29, 0.717) is 39.9 Å². The summed E-state index contributed by atoms with van der Waals surface area (Å²) < 4.78 is 21.8. The van der Waals surface area contributed by atoms with Crippen LogP contribution in [0.4, 0.5) is 5.82 Å². The van der Waals surface area contributed by atoms with Gasteiger partial charge in [-0.3, -0.25) is 4.57 Å². The number of anilines is 1. The van der Waals surface area contributed by atoms with Crippen LogP contribution in [0.1, 0.15) is 89.3 Å². The molecule has 1 aromatic rings. The molecule has 1 aromatic heterocycles. The summed E-state index contributed by atoms with van der Waals surface area (Å²) in [6, 6.07) is 1.54. The third-order valence-electron chi connectivity index (χ3n) is 8.69. The van der Waals surface area contributed by atoms with E-state index in [4.69, 9.17) is 19.3 Å². The number of hydrogen-bond acceptors (Lipinski definition) is 7. The van der Waals surface area contributed by atoms with Crippen LogP contribution in [-0.4, -0.2) is 56.2 Å². The standard InChI is InChI=1S/C27H53N3O5Si2/c1-16(2)36(17(3)4,18(5)6)33-15-22-25(35-37(19(7)8,20(9)10)21(11)12)24(31)26(34-22)30-14-13-23(28)29-27(30)32/h13-14,16-22,24-26,31H,15H2,1-12H3,(H2,28,29,32)/t22-,24-,25-,26-/m1/s1. The molecule has 1 saturated heterocycles. The minimum atomic E-state index is -2.38. The van der Waals surface area contributed by atoms with Gasteiger partial charge in [-0.1, -0.05) is 83.1 Å². The van der Waals surface area contributed by atoms with E-state index in [1.807, 2.05) is 0 Å². The summed E-state index contributed by atoms with van der Waals surface area (Å²) in [6.45, 7) is 27.2. The van der Waals surface area contributed by atoms with Crippen LogP contribution in [0.3, 0.4) is 0 Å². The molecule has 0 aliphatic carbocycles. The van der Waals surface area contributed by atoms with Gasteiger partial charge in [0.2, 0.25) is 8.32 Å². The Balaban J connectivity index is 2.55. The normalized spacial score (nSPS) is 23.5. The maximum atomic E-state index is 12.7. The van der Waals surface area contributed by atoms with Crippen molar-refractivity contribution in [3.8, 4) is 0 Å². The van der Waals surface area contributed by atoms with E-state index >= 15 is 0 Å². The lowest BCUT2D eigenvalue weighted by Gasteiger charge is -2.46. The van der Waals surface area contributed by atoms with Gasteiger partial charge >= 0.3 is 5.69 Å². The second kappa shape index (κ2) is 12.4. The predicted molar refractivity (Wildman–Crippen MR) is 156 cm³/mol. The Bertz CT molecular complexity index is 891. The molecule has 0 bridgehead atoms. The highest BCUT2D eigenvalue weighted by Crippen LogP contribution is 2.47. The van der Waals surface area contributed by atoms with Gasteiger partial charge in [0.05, 0.1) is 6.61 Å². The SMILES string of the molecule is CC(C)[Si](OC[C@H]1O[C@@H](n2ccc(N)nc2=O)[C@H](O)[C@@H]1O[Si](C(C)C)(C(C)C)C(C)C)(C(C)C)C(C)C. The number of nitrogens with two attached hydrogens (primary N) is 1. The number of rotatable bonds is 12. The number of aromatic nitrogens is 2. The summed E-state index contributed by atoms with van der Waals surface area (Å²) in [5.41, 5.74) is 7.38. The molecule has 0 radical (unpaired) electrons. The molecule has 2 rings (SSSR count). The van der Waals surface area contributed by atoms with Gasteiger partial charge in [0, 0.05) is 6.20 Å². The lowest BCUT2D eigenvalue weighted by atomic mass is 10.1. The number of hydrogen-bond donors (Lipinski definition) is 2. The van der Waals surface area contributed by atoms with Crippen molar-refractivity contribution in [2.45, 2.75) is 141 Å². The largest absolute Gasteiger partial charge is 0.413 e. The van der Waals surface area contributed by atoms with E-state index in [1.54, 1.807) is 6.07 Å². The molecule has 0 spiro atoms. The van der Waals surface area contributed by atoms with Gasteiger partial charge in [0.25, 0.3) is 0 Å². The zero-order valence-corrected chi connectivity index (χ0v) is 27.2. The molecule has 10 heteroatoms. The average molecular weight is 556 g/mol. The minimum absolute atomic E-state index is 0.133. The Hall–Kier alpha value is -1.05. The van der Waals surface area contributed by atoms with Crippen molar-refractivity contribution in [2.75, 3.05) is 12.3 Å². The quantitative estimate of drug-likeness (QED) is 0.312. The molecule has 3 N–H and O–H groups in total. The molecule has 37 heavy (non-hydrogen) atoms. The van der Waals surface area contributed by atoms with Gasteiger partial charge in [-0.25, -0.2) is 4.79 Å². The number of aliphatic hydroxyl groups is 1. The highest BCUT2D eigenvalue weighted by Gasteiger charge is 2.55. The molecular formula is C27H53N3O5Si2. The molecule has 4 atom stereocenters. The van der Waals surface area contributed by atoms with E-state index in [2.05, 4.69) is 88.1 Å². The Labute approximate surface area is 226 Å². The molecule has 0 aromatic carbocycles. The lowest BCUT2D eigenvalue weighted by molar-refractivity contribution is -0.0532. The van der Waals surface area contributed by atoms with Gasteiger partial charge in [-0.2, -0.15) is 4.98 Å². The maximum Gasteiger partial charge on any atom is 0.351 e. The molecule has 0 unspecified atom stereocenters. The monoisotopic (exact) mass is 555 g/mol. The van der Waals surface area contributed by atoms with Crippen molar-refractivity contribution in [3.05, 3.63) is 22.7 Å². The first-order valence-electron chi connectivity index (χ1n) is 14.0. The van der Waals surface area contributed by atoms with Crippen LogP contribution in [0.2, 0.25) is 33.2 Å². The van der Waals surface area contributed by atoms with Gasteiger partial charge in [-0.15, -0.1) is 0 Å². The van der Waals surface area contributed by atoms with E-state index < -0.39 is 46.9 Å². The van der Waals surface area contributed by atoms with Crippen molar-refractivity contribution in [1.82, 2.24) is 9.55 Å². The first-order valence-corrected chi connectivity index (χ1v) is 18.3. The molecule has 1 aliphatic rings. The highest BCUT2D eigenvalue weighted by molar-refractivity contribution is 6.78. The highest BCUT2D eigenvalue weighted by atomic mass is 28.4. The van der Waals surface area contributed by atoms with E-state index in [9.17, 15) is 9.90 Å². The van der Waals surface area contributed by atoms with Crippen LogP contribution < -0.4 is 11.4 Å². The maximum absolute atomic E-state index is 12.7. The van der Waals surface area contributed by atoms with Crippen molar-refractivity contribution >= 4 is 22.5 Å². The first-order chi connectivity index (χ1) is 17.0. The van der Waals surface area contributed by atoms with Crippen LogP contribution >= 0.6 is 0 Å². The molecule has 1 aliphatic heterocycles. The number of aliphatic hydroxyl groups excluding tert-OH is 1. The number of ether oxygens (including phenoxy) is 1. The lowest BCUT2D eigenvalue weighted by Crippen LogP contribution is -2.55.